The van der Waals surface area contributed by atoms with Crippen molar-refractivity contribution in [2.24, 2.45) is 13.0 Å². The van der Waals surface area contributed by atoms with Crippen LogP contribution < -0.4 is 10.6 Å². The number of hydrogen-bond donors (Lipinski definition) is 2. The van der Waals surface area contributed by atoms with E-state index in [1.165, 1.54) is 0 Å². The summed E-state index contributed by atoms with van der Waals surface area (Å²) in [7, 11) is 1.93. The lowest BCUT2D eigenvalue weighted by Crippen LogP contribution is -2.27. The third kappa shape index (κ3) is 4.43. The predicted octanol–water partition coefficient (Wildman–Crippen LogP) is 4.37. The maximum Gasteiger partial charge on any atom is 0.253 e. The number of aromatic nitrogens is 5. The van der Waals surface area contributed by atoms with Crippen LogP contribution in [0, 0.1) is 5.92 Å². The summed E-state index contributed by atoms with van der Waals surface area (Å²) in [4.78, 5) is 34.0. The van der Waals surface area contributed by atoms with Gasteiger partial charge in [-0.1, -0.05) is 26.0 Å². The molecule has 0 unspecified atom stereocenters. The summed E-state index contributed by atoms with van der Waals surface area (Å²) in [6.07, 6.45) is 5.37. The Morgan fingerprint density at radius 2 is 1.81 bits per heavy atom. The van der Waals surface area contributed by atoms with E-state index in [0.29, 0.717) is 11.2 Å². The van der Waals surface area contributed by atoms with E-state index < -0.39 is 0 Å². The predicted molar refractivity (Wildman–Crippen MR) is 138 cm³/mol. The molecule has 0 aliphatic heterocycles. The summed E-state index contributed by atoms with van der Waals surface area (Å²) in [6.45, 7) is 5.55. The molecule has 2 amide bonds. The molecule has 1 atom stereocenters. The van der Waals surface area contributed by atoms with Crippen LogP contribution in [0.15, 0.2) is 67.1 Å². The molecule has 9 nitrogen and oxygen atoms in total. The normalized spacial score (nSPS) is 12.2. The minimum Gasteiger partial charge on any atom is -0.350 e. The van der Waals surface area contributed by atoms with Gasteiger partial charge in [0.05, 0.1) is 17.3 Å². The first-order valence-corrected chi connectivity index (χ1v) is 11.8. The lowest BCUT2D eigenvalue weighted by molar-refractivity contribution is -0.118. The van der Waals surface area contributed by atoms with Gasteiger partial charge >= 0.3 is 0 Å². The fraction of sp³-hybridized carbons (Fsp3) is 0.222. The van der Waals surface area contributed by atoms with Crippen LogP contribution in [-0.2, 0) is 11.8 Å². The smallest absolute Gasteiger partial charge is 0.253 e. The number of rotatable bonds is 6. The quantitative estimate of drug-likeness (QED) is 0.375. The largest absolute Gasteiger partial charge is 0.350 e. The summed E-state index contributed by atoms with van der Waals surface area (Å²) in [5.74, 6) is -0.188. The summed E-state index contributed by atoms with van der Waals surface area (Å²) < 4.78 is 3.57. The third-order valence-corrected chi connectivity index (χ3v) is 6.14. The van der Waals surface area contributed by atoms with Gasteiger partial charge in [0.15, 0.2) is 5.65 Å². The van der Waals surface area contributed by atoms with Crippen LogP contribution in [-0.4, -0.2) is 36.0 Å². The minimum absolute atomic E-state index is 0.135. The fourth-order valence-corrected chi connectivity index (χ4v) is 4.10. The number of nitrogens with one attached hydrogen (secondary N) is 2. The van der Waals surface area contributed by atoms with Crippen LogP contribution in [0.1, 0.15) is 42.9 Å². The third-order valence-electron chi connectivity index (χ3n) is 6.14. The zero-order chi connectivity index (χ0) is 25.4. The highest BCUT2D eigenvalue weighted by Gasteiger charge is 2.18. The van der Waals surface area contributed by atoms with Gasteiger partial charge in [-0.05, 0) is 54.4 Å². The molecule has 0 saturated heterocycles. The van der Waals surface area contributed by atoms with Crippen molar-refractivity contribution in [3.63, 3.8) is 0 Å². The van der Waals surface area contributed by atoms with E-state index in [0.717, 1.165) is 27.7 Å². The first-order valence-electron chi connectivity index (χ1n) is 11.8. The van der Waals surface area contributed by atoms with Gasteiger partial charge in [0.1, 0.15) is 0 Å². The maximum atomic E-state index is 13.2. The number of pyridine rings is 2. The van der Waals surface area contributed by atoms with E-state index >= 15 is 0 Å². The molecule has 1 aromatic carbocycles. The van der Waals surface area contributed by atoms with Crippen LogP contribution >= 0.6 is 0 Å². The lowest BCUT2D eigenvalue weighted by Gasteiger charge is -2.13. The Morgan fingerprint density at radius 3 is 2.56 bits per heavy atom. The number of carbonyl (C=O) groups is 2. The van der Waals surface area contributed by atoms with Gasteiger partial charge in [0, 0.05) is 42.5 Å². The Labute approximate surface area is 208 Å². The first-order chi connectivity index (χ1) is 17.3. The Balaban J connectivity index is 1.46. The highest BCUT2D eigenvalue weighted by Crippen LogP contribution is 2.29. The first kappa shape index (κ1) is 23.2. The molecule has 9 heteroatoms. The van der Waals surface area contributed by atoms with Crippen molar-refractivity contribution < 1.29 is 9.59 Å². The fourth-order valence-electron chi connectivity index (χ4n) is 4.10. The second-order valence-electron chi connectivity index (χ2n) is 9.13. The van der Waals surface area contributed by atoms with Crippen LogP contribution in [0.2, 0.25) is 0 Å². The molecular formula is C27H27N7O2. The van der Waals surface area contributed by atoms with Gasteiger partial charge in [0.25, 0.3) is 5.91 Å². The average molecular weight is 482 g/mol. The number of aryl methyl sites for hydroxylation is 1. The van der Waals surface area contributed by atoms with Crippen LogP contribution in [0.5, 0.6) is 0 Å². The Morgan fingerprint density at radius 1 is 1.00 bits per heavy atom. The van der Waals surface area contributed by atoms with Crippen molar-refractivity contribution in [2.45, 2.75) is 26.8 Å². The molecule has 0 bridgehead atoms. The van der Waals surface area contributed by atoms with Crippen molar-refractivity contribution in [2.75, 3.05) is 5.32 Å². The monoisotopic (exact) mass is 481 g/mol. The Bertz CT molecular complexity index is 1580. The molecule has 5 rings (SSSR count). The summed E-state index contributed by atoms with van der Waals surface area (Å²) in [6, 6.07) is 15.3. The molecule has 4 heterocycles. The summed E-state index contributed by atoms with van der Waals surface area (Å²) in [5, 5.41) is 11.0. The average Bonchev–Trinajstić information content (AvgIpc) is 3.43. The van der Waals surface area contributed by atoms with Crippen LogP contribution in [0.4, 0.5) is 5.95 Å². The molecule has 0 fully saturated rings. The van der Waals surface area contributed by atoms with E-state index in [9.17, 15) is 9.59 Å². The number of amides is 2. The van der Waals surface area contributed by atoms with E-state index in [-0.39, 0.29) is 29.7 Å². The maximum absolute atomic E-state index is 13.2. The SMILES string of the molecule is CC(C)C(=O)Nc1nc2cc(-c3ccc4c(c3)c(C(=O)N[C@@H](C)c3ccccn3)cn4C)ccn2n1. The van der Waals surface area contributed by atoms with Gasteiger partial charge in [0.2, 0.25) is 11.9 Å². The Kier molecular flexibility index (Phi) is 5.97. The summed E-state index contributed by atoms with van der Waals surface area (Å²) in [5.41, 5.74) is 4.84. The number of fused-ring (bicyclic) bond motifs is 2. The summed E-state index contributed by atoms with van der Waals surface area (Å²) >= 11 is 0. The highest BCUT2D eigenvalue weighted by molar-refractivity contribution is 6.08. The zero-order valence-electron chi connectivity index (χ0n) is 20.6. The van der Waals surface area contributed by atoms with E-state index in [1.807, 2.05) is 87.1 Å². The van der Waals surface area contributed by atoms with Gasteiger partial charge in [-0.2, -0.15) is 4.98 Å². The van der Waals surface area contributed by atoms with E-state index in [2.05, 4.69) is 25.7 Å². The molecule has 182 valence electrons. The van der Waals surface area contributed by atoms with Crippen molar-refractivity contribution in [1.29, 1.82) is 0 Å². The molecule has 4 aromatic heterocycles. The van der Waals surface area contributed by atoms with Gasteiger partial charge in [-0.15, -0.1) is 5.10 Å². The standard InChI is InChI=1S/C27H27N7O2/c1-16(2)25(35)31-27-30-24-14-19(10-12-34(24)32-27)18-8-9-23-20(13-18)21(15-33(23)4)26(36)29-17(3)22-7-5-6-11-28-22/h5-17H,1-4H3,(H,29,36)(H,31,32,35)/t17-/m0/s1. The topological polar surface area (TPSA) is 106 Å². The number of hydrogen-bond acceptors (Lipinski definition) is 5. The minimum atomic E-state index is -0.224. The number of nitrogens with zero attached hydrogens (tertiary/aromatic N) is 5. The number of carbonyl (C=O) groups excluding carboxylic acids is 2. The zero-order valence-corrected chi connectivity index (χ0v) is 20.6. The van der Waals surface area contributed by atoms with E-state index in [4.69, 9.17) is 0 Å². The molecule has 5 aromatic rings. The van der Waals surface area contributed by atoms with Crippen molar-refractivity contribution >= 4 is 34.3 Å². The molecule has 2 N–H and O–H groups in total. The van der Waals surface area contributed by atoms with Gasteiger partial charge in [-0.3, -0.25) is 19.9 Å². The number of anilines is 1. The molecule has 0 aliphatic carbocycles. The lowest BCUT2D eigenvalue weighted by atomic mass is 10.0. The second-order valence-corrected chi connectivity index (χ2v) is 9.13. The molecule has 0 saturated carbocycles. The number of benzene rings is 1. The molecule has 0 radical (unpaired) electrons. The van der Waals surface area contributed by atoms with E-state index in [1.54, 1.807) is 16.9 Å². The molecule has 36 heavy (non-hydrogen) atoms. The van der Waals surface area contributed by atoms with Crippen molar-refractivity contribution in [1.82, 2.24) is 29.5 Å². The van der Waals surface area contributed by atoms with Crippen molar-refractivity contribution in [3.05, 3.63) is 78.4 Å². The Hall–Kier alpha value is -4.53. The molecule has 0 spiro atoms. The molecule has 0 aliphatic rings. The highest BCUT2D eigenvalue weighted by atomic mass is 16.2. The molecular weight excluding hydrogens is 454 g/mol. The van der Waals surface area contributed by atoms with Crippen LogP contribution in [0.25, 0.3) is 27.7 Å². The van der Waals surface area contributed by atoms with Crippen LogP contribution in [0.3, 0.4) is 0 Å². The second kappa shape index (κ2) is 9.26. The van der Waals surface area contributed by atoms with Gasteiger partial charge in [-0.25, -0.2) is 4.52 Å². The van der Waals surface area contributed by atoms with Gasteiger partial charge < -0.3 is 9.88 Å². The van der Waals surface area contributed by atoms with Crippen molar-refractivity contribution in [3.8, 4) is 11.1 Å².